The Labute approximate surface area is 270 Å². The monoisotopic (exact) mass is 624 g/mol. The summed E-state index contributed by atoms with van der Waals surface area (Å²) in [6.07, 6.45) is 4.01. The molecule has 4 rings (SSSR count). The molecule has 1 heterocycles. The summed E-state index contributed by atoms with van der Waals surface area (Å²) in [6.45, 7) is 3.78. The van der Waals surface area contributed by atoms with E-state index in [-0.39, 0.29) is 25.4 Å². The lowest BCUT2D eigenvalue weighted by Crippen LogP contribution is -2.59. The van der Waals surface area contributed by atoms with Crippen molar-refractivity contribution in [2.45, 2.75) is 83.0 Å². The predicted octanol–water partition coefficient (Wildman–Crippen LogP) is 3.82. The Balaban J connectivity index is 1.55. The summed E-state index contributed by atoms with van der Waals surface area (Å²) in [4.78, 5) is 65.0. The lowest BCUT2D eigenvalue weighted by Gasteiger charge is -2.29. The van der Waals surface area contributed by atoms with Crippen LogP contribution in [0.5, 0.6) is 0 Å². The molecule has 3 amide bonds. The molecule has 0 aromatic heterocycles. The van der Waals surface area contributed by atoms with Crippen LogP contribution in [0.3, 0.4) is 0 Å². The quantitative estimate of drug-likeness (QED) is 0.200. The van der Waals surface area contributed by atoms with Gasteiger partial charge in [-0.3, -0.25) is 19.2 Å². The number of nitrogens with one attached hydrogen (secondary N) is 4. The zero-order chi connectivity index (χ0) is 32.9. The van der Waals surface area contributed by atoms with Gasteiger partial charge in [0.15, 0.2) is 0 Å². The standard InChI is InChI=1S/C37H44N4O5/c1-3-4-16-31(34(44)36(46)38-23-28-10-6-5-7-11-28)40-35(45)32-19-17-26-12-8-14-29(21-26)30-15-9-13-27(22-30)18-20-33(43)41-37(2,25-42)24-39-32/h5-15,21-22,25,31-32,39H,3-4,16-20,23-24H2,1-2H3,(H,38,46)(H,40,45)(H,41,43). The molecule has 0 fully saturated rings. The molecule has 1 aliphatic rings. The van der Waals surface area contributed by atoms with Crippen molar-refractivity contribution in [3.05, 3.63) is 95.6 Å². The number of hydrogen-bond donors (Lipinski definition) is 4. The number of fused-ring (bicyclic) bond motifs is 5. The van der Waals surface area contributed by atoms with Gasteiger partial charge in [0, 0.05) is 19.5 Å². The lowest BCUT2D eigenvalue weighted by atomic mass is 9.96. The molecular formula is C37H44N4O5. The largest absolute Gasteiger partial charge is 0.345 e. The third-order valence-electron chi connectivity index (χ3n) is 8.27. The van der Waals surface area contributed by atoms with Crippen LogP contribution in [0.4, 0.5) is 0 Å². The van der Waals surface area contributed by atoms with E-state index < -0.39 is 35.2 Å². The van der Waals surface area contributed by atoms with Gasteiger partial charge in [0.1, 0.15) is 11.8 Å². The highest BCUT2D eigenvalue weighted by molar-refractivity contribution is 6.38. The van der Waals surface area contributed by atoms with E-state index in [4.69, 9.17) is 0 Å². The van der Waals surface area contributed by atoms with Gasteiger partial charge in [-0.25, -0.2) is 0 Å². The average Bonchev–Trinajstić information content (AvgIpc) is 3.08. The van der Waals surface area contributed by atoms with Crippen molar-refractivity contribution in [1.82, 2.24) is 21.3 Å². The van der Waals surface area contributed by atoms with Crippen LogP contribution in [0.25, 0.3) is 11.1 Å². The fraction of sp³-hybridized carbons (Fsp3) is 0.378. The number of Topliss-reactive ketones (excluding diaryl/α,β-unsaturated/α-hetero) is 1. The maximum absolute atomic E-state index is 13.8. The highest BCUT2D eigenvalue weighted by Gasteiger charge is 2.32. The molecule has 0 spiro atoms. The molecular weight excluding hydrogens is 580 g/mol. The van der Waals surface area contributed by atoms with E-state index >= 15 is 0 Å². The average molecular weight is 625 g/mol. The first-order valence-electron chi connectivity index (χ1n) is 16.0. The van der Waals surface area contributed by atoms with Gasteiger partial charge in [-0.2, -0.15) is 0 Å². The van der Waals surface area contributed by atoms with Crippen LogP contribution in [0.1, 0.15) is 62.6 Å². The first kappa shape index (κ1) is 34.2. The van der Waals surface area contributed by atoms with Crippen molar-refractivity contribution in [2.24, 2.45) is 0 Å². The fourth-order valence-corrected chi connectivity index (χ4v) is 5.51. The molecule has 3 aromatic carbocycles. The van der Waals surface area contributed by atoms with E-state index in [1.54, 1.807) is 6.92 Å². The number of ketones is 1. The maximum atomic E-state index is 13.8. The third kappa shape index (κ3) is 9.94. The van der Waals surface area contributed by atoms with Crippen molar-refractivity contribution >= 4 is 29.8 Å². The van der Waals surface area contributed by atoms with Gasteiger partial charge < -0.3 is 26.1 Å². The van der Waals surface area contributed by atoms with E-state index in [0.29, 0.717) is 38.4 Å². The van der Waals surface area contributed by atoms with E-state index in [2.05, 4.69) is 33.4 Å². The van der Waals surface area contributed by atoms with Crippen LogP contribution in [-0.4, -0.2) is 54.0 Å². The van der Waals surface area contributed by atoms with Gasteiger partial charge >= 0.3 is 0 Å². The van der Waals surface area contributed by atoms with Gasteiger partial charge in [-0.15, -0.1) is 0 Å². The number of rotatable bonds is 10. The van der Waals surface area contributed by atoms with Gasteiger partial charge in [0.25, 0.3) is 5.91 Å². The summed E-state index contributed by atoms with van der Waals surface area (Å²) in [7, 11) is 0. The topological polar surface area (TPSA) is 133 Å². The fourth-order valence-electron chi connectivity index (χ4n) is 5.51. The minimum Gasteiger partial charge on any atom is -0.345 e. The molecule has 0 radical (unpaired) electrons. The normalized spacial score (nSPS) is 19.3. The van der Waals surface area contributed by atoms with Crippen molar-refractivity contribution in [2.75, 3.05) is 6.54 Å². The molecule has 46 heavy (non-hydrogen) atoms. The summed E-state index contributed by atoms with van der Waals surface area (Å²) >= 11 is 0. The minimum atomic E-state index is -1.26. The summed E-state index contributed by atoms with van der Waals surface area (Å²) in [6, 6.07) is 23.6. The number of carbonyl (C=O) groups is 5. The molecule has 3 atom stereocenters. The van der Waals surface area contributed by atoms with Crippen LogP contribution >= 0.6 is 0 Å². The first-order valence-corrected chi connectivity index (χ1v) is 16.0. The summed E-state index contributed by atoms with van der Waals surface area (Å²) < 4.78 is 0. The zero-order valence-electron chi connectivity index (χ0n) is 26.6. The summed E-state index contributed by atoms with van der Waals surface area (Å²) in [5, 5.41) is 11.5. The van der Waals surface area contributed by atoms with Gasteiger partial charge in [0.05, 0.1) is 12.1 Å². The Hall–Kier alpha value is -4.63. The highest BCUT2D eigenvalue weighted by Crippen LogP contribution is 2.23. The molecule has 242 valence electrons. The molecule has 0 saturated heterocycles. The van der Waals surface area contributed by atoms with Crippen LogP contribution in [0.2, 0.25) is 0 Å². The molecule has 0 aliphatic carbocycles. The molecule has 4 N–H and O–H groups in total. The van der Waals surface area contributed by atoms with E-state index in [0.717, 1.165) is 34.2 Å². The lowest BCUT2D eigenvalue weighted by molar-refractivity contribution is -0.140. The maximum Gasteiger partial charge on any atom is 0.289 e. The first-order chi connectivity index (χ1) is 22.2. The Bertz CT molecular complexity index is 1520. The van der Waals surface area contributed by atoms with Gasteiger partial charge in [-0.05, 0) is 60.4 Å². The van der Waals surface area contributed by atoms with Crippen molar-refractivity contribution in [3.63, 3.8) is 0 Å². The number of benzene rings is 3. The Morgan fingerprint density at radius 2 is 1.61 bits per heavy atom. The zero-order valence-corrected chi connectivity index (χ0v) is 26.6. The van der Waals surface area contributed by atoms with Crippen molar-refractivity contribution < 1.29 is 24.0 Å². The van der Waals surface area contributed by atoms with Gasteiger partial charge in [-0.1, -0.05) is 98.6 Å². The second-order valence-electron chi connectivity index (χ2n) is 12.2. The highest BCUT2D eigenvalue weighted by atomic mass is 16.2. The third-order valence-corrected chi connectivity index (χ3v) is 8.27. The van der Waals surface area contributed by atoms with E-state index in [1.807, 2.05) is 73.7 Å². The molecule has 9 nitrogen and oxygen atoms in total. The molecule has 4 bridgehead atoms. The number of hydrogen-bond acceptors (Lipinski definition) is 6. The van der Waals surface area contributed by atoms with Crippen molar-refractivity contribution in [1.29, 1.82) is 0 Å². The number of amides is 3. The van der Waals surface area contributed by atoms with Crippen molar-refractivity contribution in [3.8, 4) is 11.1 Å². The Morgan fingerprint density at radius 1 is 0.935 bits per heavy atom. The van der Waals surface area contributed by atoms with E-state index in [9.17, 15) is 24.0 Å². The predicted molar refractivity (Wildman–Crippen MR) is 178 cm³/mol. The molecule has 3 unspecified atom stereocenters. The molecule has 0 saturated carbocycles. The SMILES string of the molecule is CCCCC(NC(=O)C1CCc2cccc(c2)-c2cccc(c2)CCC(=O)NC(C)(C=O)CN1)C(=O)C(=O)NCc1ccccc1. The molecule has 3 aromatic rings. The van der Waals surface area contributed by atoms with Crippen LogP contribution in [0, 0.1) is 0 Å². The summed E-state index contributed by atoms with van der Waals surface area (Å²) in [5.74, 6) is -2.18. The minimum absolute atomic E-state index is 0.000979. The van der Waals surface area contributed by atoms with Crippen LogP contribution in [0.15, 0.2) is 78.9 Å². The Morgan fingerprint density at radius 3 is 2.26 bits per heavy atom. The second-order valence-corrected chi connectivity index (χ2v) is 12.2. The van der Waals surface area contributed by atoms with E-state index in [1.165, 1.54) is 0 Å². The van der Waals surface area contributed by atoms with Crippen LogP contribution < -0.4 is 21.3 Å². The van der Waals surface area contributed by atoms with Crippen LogP contribution in [-0.2, 0) is 43.4 Å². The number of unbranched alkanes of at least 4 members (excludes halogenated alkanes) is 1. The smallest absolute Gasteiger partial charge is 0.289 e. The van der Waals surface area contributed by atoms with Gasteiger partial charge in [0.2, 0.25) is 17.6 Å². The summed E-state index contributed by atoms with van der Waals surface area (Å²) in [5.41, 5.74) is 3.71. The molecule has 1 aliphatic heterocycles. The number of aldehydes is 1. The number of aryl methyl sites for hydroxylation is 2. The number of carbonyl (C=O) groups excluding carboxylic acids is 5. The molecule has 9 heteroatoms. The Kier molecular flexibility index (Phi) is 12.4. The second kappa shape index (κ2) is 16.6.